The van der Waals surface area contributed by atoms with Gasteiger partial charge in [0.15, 0.2) is 0 Å². The minimum Gasteiger partial charge on any atom is -0.326 e. The second-order valence-electron chi connectivity index (χ2n) is 5.68. The normalized spacial score (nSPS) is 10.7. The van der Waals surface area contributed by atoms with E-state index in [0.717, 1.165) is 5.69 Å². The molecule has 0 unspecified atom stereocenters. The molecule has 0 saturated carbocycles. The van der Waals surface area contributed by atoms with Gasteiger partial charge in [-0.2, -0.15) is 0 Å². The van der Waals surface area contributed by atoms with E-state index >= 15 is 0 Å². The number of carbonyl (C=O) groups excluding carboxylic acids is 1. The molecule has 0 bridgehead atoms. The second-order valence-corrected chi connectivity index (χ2v) is 6.54. The van der Waals surface area contributed by atoms with E-state index in [4.69, 9.17) is 0 Å². The summed E-state index contributed by atoms with van der Waals surface area (Å²) in [6.07, 6.45) is 1.63. The number of nitrogens with zero attached hydrogens (tertiary/aromatic N) is 5. The molecule has 9 heteroatoms. The highest BCUT2D eigenvalue weighted by Gasteiger charge is 2.10. The SMILES string of the molecule is O=C(Cc1csc(-c2cccc(F)c2)n1)Nc1ccc(-n2cnnn2)cc1. The van der Waals surface area contributed by atoms with Gasteiger partial charge in [-0.15, -0.1) is 16.4 Å². The lowest BCUT2D eigenvalue weighted by Crippen LogP contribution is -2.14. The standard InChI is InChI=1S/C18H13FN6OS/c19-13-3-1-2-12(8-13)18-22-15(10-27-18)9-17(26)21-14-4-6-16(7-5-14)25-11-20-23-24-25/h1-8,10-11H,9H2,(H,21,26). The fourth-order valence-electron chi connectivity index (χ4n) is 2.49. The molecule has 0 atom stereocenters. The number of hydrogen-bond donors (Lipinski definition) is 1. The van der Waals surface area contributed by atoms with Crippen molar-refractivity contribution in [2.24, 2.45) is 0 Å². The van der Waals surface area contributed by atoms with Crippen LogP contribution in [0.5, 0.6) is 0 Å². The van der Waals surface area contributed by atoms with E-state index in [1.54, 1.807) is 41.8 Å². The molecule has 0 aliphatic carbocycles. The largest absolute Gasteiger partial charge is 0.326 e. The maximum absolute atomic E-state index is 13.3. The highest BCUT2D eigenvalue weighted by molar-refractivity contribution is 7.13. The van der Waals surface area contributed by atoms with E-state index in [0.29, 0.717) is 22.0 Å². The quantitative estimate of drug-likeness (QED) is 0.575. The smallest absolute Gasteiger partial charge is 0.230 e. The van der Waals surface area contributed by atoms with E-state index in [1.165, 1.54) is 34.5 Å². The molecule has 1 amide bonds. The zero-order valence-corrected chi connectivity index (χ0v) is 14.7. The van der Waals surface area contributed by atoms with Gasteiger partial charge in [-0.05, 0) is 46.8 Å². The number of aromatic nitrogens is 5. The Balaban J connectivity index is 1.40. The van der Waals surface area contributed by atoms with Gasteiger partial charge in [-0.25, -0.2) is 14.1 Å². The number of nitrogens with one attached hydrogen (secondary N) is 1. The molecule has 4 aromatic rings. The summed E-state index contributed by atoms with van der Waals surface area (Å²) in [5, 5.41) is 16.3. The summed E-state index contributed by atoms with van der Waals surface area (Å²) in [4.78, 5) is 16.7. The fourth-order valence-corrected chi connectivity index (χ4v) is 3.31. The highest BCUT2D eigenvalue weighted by Crippen LogP contribution is 2.24. The number of benzene rings is 2. The highest BCUT2D eigenvalue weighted by atomic mass is 32.1. The van der Waals surface area contributed by atoms with Crippen molar-refractivity contribution < 1.29 is 9.18 Å². The molecular weight excluding hydrogens is 367 g/mol. The van der Waals surface area contributed by atoms with E-state index in [2.05, 4.69) is 25.8 Å². The van der Waals surface area contributed by atoms with Crippen LogP contribution in [0.4, 0.5) is 10.1 Å². The first-order valence-electron chi connectivity index (χ1n) is 8.01. The van der Waals surface area contributed by atoms with Gasteiger partial charge in [0, 0.05) is 16.6 Å². The third-order valence-electron chi connectivity index (χ3n) is 3.73. The van der Waals surface area contributed by atoms with E-state index in [-0.39, 0.29) is 18.1 Å². The lowest BCUT2D eigenvalue weighted by atomic mass is 10.2. The van der Waals surface area contributed by atoms with Crippen LogP contribution in [-0.2, 0) is 11.2 Å². The van der Waals surface area contributed by atoms with Crippen molar-refractivity contribution in [1.82, 2.24) is 25.2 Å². The third-order valence-corrected chi connectivity index (χ3v) is 4.67. The third kappa shape index (κ3) is 4.04. The van der Waals surface area contributed by atoms with Crippen LogP contribution in [-0.4, -0.2) is 31.1 Å². The molecule has 0 aliphatic rings. The van der Waals surface area contributed by atoms with Gasteiger partial charge in [0.25, 0.3) is 0 Å². The summed E-state index contributed by atoms with van der Waals surface area (Å²) >= 11 is 1.38. The van der Waals surface area contributed by atoms with E-state index < -0.39 is 0 Å². The summed E-state index contributed by atoms with van der Waals surface area (Å²) in [6.45, 7) is 0. The zero-order chi connectivity index (χ0) is 18.6. The molecule has 0 spiro atoms. The number of amides is 1. The van der Waals surface area contributed by atoms with Crippen molar-refractivity contribution in [2.45, 2.75) is 6.42 Å². The summed E-state index contributed by atoms with van der Waals surface area (Å²) in [5.41, 5.74) is 2.79. The number of tetrazole rings is 1. The van der Waals surface area contributed by atoms with Gasteiger partial charge in [0.05, 0.1) is 17.8 Å². The summed E-state index contributed by atoms with van der Waals surface area (Å²) < 4.78 is 14.9. The van der Waals surface area contributed by atoms with Gasteiger partial charge >= 0.3 is 0 Å². The Hall–Kier alpha value is -3.46. The first-order chi connectivity index (χ1) is 13.2. The molecule has 0 radical (unpaired) electrons. The minimum atomic E-state index is -0.313. The Morgan fingerprint density at radius 1 is 1.19 bits per heavy atom. The van der Waals surface area contributed by atoms with Crippen LogP contribution >= 0.6 is 11.3 Å². The first-order valence-corrected chi connectivity index (χ1v) is 8.89. The van der Waals surface area contributed by atoms with Crippen LogP contribution in [0.1, 0.15) is 5.69 Å². The predicted octanol–water partition coefficient (Wildman–Crippen LogP) is 3.11. The Bertz CT molecular complexity index is 1060. The molecule has 2 aromatic carbocycles. The van der Waals surface area contributed by atoms with Gasteiger partial charge in [0.1, 0.15) is 17.2 Å². The maximum atomic E-state index is 13.3. The molecule has 7 nitrogen and oxygen atoms in total. The minimum absolute atomic E-state index is 0.139. The van der Waals surface area contributed by atoms with E-state index in [1.807, 2.05) is 0 Å². The van der Waals surface area contributed by atoms with Crippen LogP contribution in [0, 0.1) is 5.82 Å². The number of thiazole rings is 1. The maximum Gasteiger partial charge on any atom is 0.230 e. The van der Waals surface area contributed by atoms with Crippen molar-refractivity contribution >= 4 is 22.9 Å². The number of rotatable bonds is 5. The van der Waals surface area contributed by atoms with E-state index in [9.17, 15) is 9.18 Å². The molecule has 2 aromatic heterocycles. The zero-order valence-electron chi connectivity index (χ0n) is 13.9. The van der Waals surface area contributed by atoms with Crippen molar-refractivity contribution in [3.63, 3.8) is 0 Å². The lowest BCUT2D eigenvalue weighted by Gasteiger charge is -2.05. The summed E-state index contributed by atoms with van der Waals surface area (Å²) in [7, 11) is 0. The molecule has 0 fully saturated rings. The van der Waals surface area contributed by atoms with Crippen molar-refractivity contribution in [3.8, 4) is 16.3 Å². The Morgan fingerprint density at radius 3 is 2.78 bits per heavy atom. The predicted molar refractivity (Wildman–Crippen MR) is 99.0 cm³/mol. The van der Waals surface area contributed by atoms with Crippen molar-refractivity contribution in [1.29, 1.82) is 0 Å². The summed E-state index contributed by atoms with van der Waals surface area (Å²) in [6, 6.07) is 13.4. The molecule has 1 N–H and O–H groups in total. The fraction of sp³-hybridized carbons (Fsp3) is 0.0556. The van der Waals surface area contributed by atoms with Gasteiger partial charge < -0.3 is 5.32 Å². The van der Waals surface area contributed by atoms with Crippen LogP contribution < -0.4 is 5.32 Å². The van der Waals surface area contributed by atoms with Crippen molar-refractivity contribution in [2.75, 3.05) is 5.32 Å². The summed E-state index contributed by atoms with van der Waals surface area (Å²) in [5.74, 6) is -0.492. The van der Waals surface area contributed by atoms with Crippen LogP contribution in [0.15, 0.2) is 60.2 Å². The van der Waals surface area contributed by atoms with Crippen LogP contribution in [0.3, 0.4) is 0 Å². The molecule has 134 valence electrons. The molecule has 27 heavy (non-hydrogen) atoms. The monoisotopic (exact) mass is 380 g/mol. The lowest BCUT2D eigenvalue weighted by molar-refractivity contribution is -0.115. The molecular formula is C18H13FN6OS. The molecule has 2 heterocycles. The number of halogens is 1. The topological polar surface area (TPSA) is 85.6 Å². The number of hydrogen-bond acceptors (Lipinski definition) is 6. The second kappa shape index (κ2) is 7.42. The Morgan fingerprint density at radius 2 is 2.04 bits per heavy atom. The average Bonchev–Trinajstić information content (AvgIpc) is 3.34. The van der Waals surface area contributed by atoms with Gasteiger partial charge in [-0.3, -0.25) is 4.79 Å². The molecule has 4 rings (SSSR count). The van der Waals surface area contributed by atoms with Crippen molar-refractivity contribution in [3.05, 3.63) is 71.7 Å². The number of carbonyl (C=O) groups is 1. The van der Waals surface area contributed by atoms with Gasteiger partial charge in [0.2, 0.25) is 5.91 Å². The van der Waals surface area contributed by atoms with Crippen LogP contribution in [0.2, 0.25) is 0 Å². The Labute approximate surface area is 157 Å². The van der Waals surface area contributed by atoms with Crippen LogP contribution in [0.25, 0.3) is 16.3 Å². The van der Waals surface area contributed by atoms with Gasteiger partial charge in [-0.1, -0.05) is 12.1 Å². The molecule has 0 saturated heterocycles. The number of anilines is 1. The Kier molecular flexibility index (Phi) is 4.67. The first kappa shape index (κ1) is 17.0. The average molecular weight is 380 g/mol. The molecule has 0 aliphatic heterocycles.